The minimum absolute atomic E-state index is 0.0106. The first-order valence-corrected chi connectivity index (χ1v) is 10.9. The minimum atomic E-state index is -0.557. The number of nitrogens with zero attached hydrogens (tertiary/aromatic N) is 3. The normalized spacial score (nSPS) is 11.5. The number of alkyl halides is 1. The molecule has 0 aliphatic carbocycles. The van der Waals surface area contributed by atoms with E-state index in [-0.39, 0.29) is 35.1 Å². The van der Waals surface area contributed by atoms with Gasteiger partial charge in [0.25, 0.3) is 5.56 Å². The highest BCUT2D eigenvalue weighted by Crippen LogP contribution is 2.26. The Morgan fingerprint density at radius 2 is 2.03 bits per heavy atom. The Balaban J connectivity index is 2.15. The fourth-order valence-electron chi connectivity index (χ4n) is 3.18. The van der Waals surface area contributed by atoms with Crippen molar-refractivity contribution in [3.05, 3.63) is 46.6 Å². The number of ether oxygens (including phenoxy) is 2. The van der Waals surface area contributed by atoms with Gasteiger partial charge in [-0.3, -0.25) is 14.2 Å². The Morgan fingerprint density at radius 1 is 1.27 bits per heavy atom. The highest BCUT2D eigenvalue weighted by atomic mass is 35.5. The van der Waals surface area contributed by atoms with Gasteiger partial charge in [-0.25, -0.2) is 14.4 Å². The Kier molecular flexibility index (Phi) is 7.53. The molecule has 0 saturated heterocycles. The molecule has 176 valence electrons. The number of hydrogen-bond acceptors (Lipinski definition) is 6. The fraction of sp³-hybridized carbons (Fsp3) is 0.391. The number of rotatable bonds is 8. The van der Waals surface area contributed by atoms with Crippen LogP contribution < -0.4 is 20.3 Å². The maximum absolute atomic E-state index is 14.0. The van der Waals surface area contributed by atoms with E-state index in [0.29, 0.717) is 30.2 Å². The lowest BCUT2D eigenvalue weighted by molar-refractivity contribution is -0.123. The number of methoxy groups -OCH3 is 1. The maximum Gasteiger partial charge on any atom is 0.263 e. The predicted octanol–water partition coefficient (Wildman–Crippen LogP) is 3.53. The van der Waals surface area contributed by atoms with Gasteiger partial charge >= 0.3 is 0 Å². The van der Waals surface area contributed by atoms with E-state index in [4.69, 9.17) is 21.1 Å². The smallest absolute Gasteiger partial charge is 0.263 e. The van der Waals surface area contributed by atoms with E-state index >= 15 is 0 Å². The lowest BCUT2D eigenvalue weighted by Crippen LogP contribution is -2.43. The molecule has 2 aromatic heterocycles. The molecule has 10 heteroatoms. The summed E-state index contributed by atoms with van der Waals surface area (Å²) in [6.45, 7) is 5.61. The highest BCUT2D eigenvalue weighted by Gasteiger charge is 2.20. The molecule has 0 unspecified atom stereocenters. The number of nitrogens with one attached hydrogen (secondary N) is 1. The van der Waals surface area contributed by atoms with Crippen LogP contribution in [0.3, 0.4) is 0 Å². The molecule has 8 nitrogen and oxygen atoms in total. The van der Waals surface area contributed by atoms with Crippen LogP contribution in [0.2, 0.25) is 0 Å². The Hall–Kier alpha value is -3.20. The van der Waals surface area contributed by atoms with E-state index in [2.05, 4.69) is 15.3 Å². The van der Waals surface area contributed by atoms with E-state index in [1.165, 1.54) is 36.1 Å². The van der Waals surface area contributed by atoms with Crippen LogP contribution >= 0.6 is 11.6 Å². The zero-order valence-electron chi connectivity index (χ0n) is 18.9. The van der Waals surface area contributed by atoms with Crippen LogP contribution in [0, 0.1) is 5.82 Å². The van der Waals surface area contributed by atoms with Crippen molar-refractivity contribution >= 4 is 28.5 Å². The quantitative estimate of drug-likeness (QED) is 0.395. The molecule has 0 atom stereocenters. The summed E-state index contributed by atoms with van der Waals surface area (Å²) >= 11 is 5.68. The van der Waals surface area contributed by atoms with Gasteiger partial charge in [-0.05, 0) is 51.5 Å². The maximum atomic E-state index is 14.0. The molecule has 0 bridgehead atoms. The van der Waals surface area contributed by atoms with Crippen molar-refractivity contribution in [2.45, 2.75) is 39.3 Å². The topological polar surface area (TPSA) is 95.3 Å². The fourth-order valence-corrected chi connectivity index (χ4v) is 3.29. The zero-order chi connectivity index (χ0) is 24.2. The van der Waals surface area contributed by atoms with Gasteiger partial charge in [-0.15, -0.1) is 11.6 Å². The lowest BCUT2D eigenvalue weighted by atomic mass is 10.1. The van der Waals surface area contributed by atoms with Gasteiger partial charge in [-0.1, -0.05) is 0 Å². The average molecular weight is 477 g/mol. The zero-order valence-corrected chi connectivity index (χ0v) is 19.7. The van der Waals surface area contributed by atoms with Crippen LogP contribution in [0.1, 0.15) is 27.2 Å². The van der Waals surface area contributed by atoms with Gasteiger partial charge in [-0.2, -0.15) is 0 Å². The van der Waals surface area contributed by atoms with Gasteiger partial charge in [0.05, 0.1) is 25.3 Å². The number of benzene rings is 1. The van der Waals surface area contributed by atoms with Gasteiger partial charge in [0.2, 0.25) is 5.91 Å². The number of hydrogen-bond donors (Lipinski definition) is 1. The first-order chi connectivity index (χ1) is 15.6. The summed E-state index contributed by atoms with van der Waals surface area (Å²) in [5.41, 5.74) is -0.386. The van der Waals surface area contributed by atoms with Gasteiger partial charge < -0.3 is 14.8 Å². The molecule has 0 saturated carbocycles. The molecular formula is C23H26ClFN4O4. The van der Waals surface area contributed by atoms with Crippen molar-refractivity contribution in [1.82, 2.24) is 19.9 Å². The molecule has 1 N–H and O–H groups in total. The number of amides is 1. The Labute approximate surface area is 195 Å². The van der Waals surface area contributed by atoms with E-state index in [0.717, 1.165) is 0 Å². The van der Waals surface area contributed by atoms with Gasteiger partial charge in [0, 0.05) is 17.0 Å². The first-order valence-electron chi connectivity index (χ1n) is 10.4. The van der Waals surface area contributed by atoms with Crippen LogP contribution in [-0.2, 0) is 11.3 Å². The Morgan fingerprint density at radius 3 is 2.70 bits per heavy atom. The molecular weight excluding hydrogens is 451 g/mol. The number of pyridine rings is 1. The van der Waals surface area contributed by atoms with Crippen molar-refractivity contribution < 1.29 is 18.7 Å². The second-order valence-electron chi connectivity index (χ2n) is 8.41. The summed E-state index contributed by atoms with van der Waals surface area (Å²) in [5.74, 6) is 0.0693. The summed E-state index contributed by atoms with van der Waals surface area (Å²) in [6, 6.07) is 5.64. The largest absolute Gasteiger partial charge is 0.494 e. The first kappa shape index (κ1) is 24.4. The molecule has 3 aromatic rings. The molecule has 0 fully saturated rings. The summed E-state index contributed by atoms with van der Waals surface area (Å²) in [6.07, 6.45) is 2.11. The number of carbonyl (C=O) groups excluding carboxylic acids is 1. The third-order valence-corrected chi connectivity index (χ3v) is 4.82. The monoisotopic (exact) mass is 476 g/mol. The molecule has 0 radical (unpaired) electrons. The standard InChI is InChI=1S/C23H26ClFN4O4/c1-23(2,3)28-19(30)13-29-21(14-6-7-17(25)18(10-14)32-4)27-20-16(22(29)31)11-15(12-26-20)33-9-5-8-24/h6-7,10-12H,5,8-9,13H2,1-4H3,(H,28,30). The van der Waals surface area contributed by atoms with Crippen molar-refractivity contribution in [2.75, 3.05) is 19.6 Å². The summed E-state index contributed by atoms with van der Waals surface area (Å²) in [7, 11) is 1.34. The Bertz CT molecular complexity index is 1220. The van der Waals surface area contributed by atoms with Crippen LogP contribution in [0.4, 0.5) is 4.39 Å². The molecule has 2 heterocycles. The molecule has 0 aliphatic heterocycles. The summed E-state index contributed by atoms with van der Waals surface area (Å²) in [5, 5.41) is 3.03. The van der Waals surface area contributed by atoms with E-state index < -0.39 is 16.9 Å². The van der Waals surface area contributed by atoms with Gasteiger partial charge in [0.1, 0.15) is 18.1 Å². The molecule has 3 rings (SSSR count). The minimum Gasteiger partial charge on any atom is -0.494 e. The second kappa shape index (κ2) is 10.2. The second-order valence-corrected chi connectivity index (χ2v) is 8.79. The molecule has 1 amide bonds. The average Bonchev–Trinajstić information content (AvgIpc) is 2.75. The number of carbonyl (C=O) groups is 1. The van der Waals surface area contributed by atoms with Crippen LogP contribution in [-0.4, -0.2) is 45.6 Å². The van der Waals surface area contributed by atoms with Crippen molar-refractivity contribution in [1.29, 1.82) is 0 Å². The van der Waals surface area contributed by atoms with Crippen molar-refractivity contribution in [3.63, 3.8) is 0 Å². The number of aromatic nitrogens is 3. The van der Waals surface area contributed by atoms with E-state index in [9.17, 15) is 14.0 Å². The summed E-state index contributed by atoms with van der Waals surface area (Å²) < 4.78 is 25.9. The van der Waals surface area contributed by atoms with Crippen molar-refractivity contribution in [3.8, 4) is 22.9 Å². The summed E-state index contributed by atoms with van der Waals surface area (Å²) in [4.78, 5) is 34.9. The third kappa shape index (κ3) is 5.98. The molecule has 0 aliphatic rings. The van der Waals surface area contributed by atoms with Crippen LogP contribution in [0.25, 0.3) is 22.4 Å². The predicted molar refractivity (Wildman–Crippen MR) is 124 cm³/mol. The number of fused-ring (bicyclic) bond motifs is 1. The molecule has 33 heavy (non-hydrogen) atoms. The van der Waals surface area contributed by atoms with E-state index in [1.54, 1.807) is 6.07 Å². The van der Waals surface area contributed by atoms with Gasteiger partial charge in [0.15, 0.2) is 17.2 Å². The number of halogens is 2. The van der Waals surface area contributed by atoms with Crippen LogP contribution in [0.5, 0.6) is 11.5 Å². The molecule has 0 spiro atoms. The highest BCUT2D eigenvalue weighted by molar-refractivity contribution is 6.17. The van der Waals surface area contributed by atoms with Crippen molar-refractivity contribution in [2.24, 2.45) is 0 Å². The van der Waals surface area contributed by atoms with E-state index in [1.807, 2.05) is 20.8 Å². The molecule has 1 aromatic carbocycles. The SMILES string of the molecule is COc1cc(-c2nc3ncc(OCCCCl)cc3c(=O)n2CC(=O)NC(C)(C)C)ccc1F. The third-order valence-electron chi connectivity index (χ3n) is 4.56. The lowest BCUT2D eigenvalue weighted by Gasteiger charge is -2.21. The van der Waals surface area contributed by atoms with Crippen LogP contribution in [0.15, 0.2) is 35.3 Å².